The lowest BCUT2D eigenvalue weighted by atomic mass is 10.2. The first-order chi connectivity index (χ1) is 12.3. The highest BCUT2D eigenvalue weighted by Crippen LogP contribution is 2.25. The number of anilines is 1. The van der Waals surface area contributed by atoms with E-state index in [2.05, 4.69) is 5.32 Å². The molecule has 0 aliphatic rings. The number of sulfonamides is 1. The topological polar surface area (TPSA) is 66.5 Å². The normalized spacial score (nSPS) is 11.2. The summed E-state index contributed by atoms with van der Waals surface area (Å²) in [5.74, 6) is 0.354. The first-order valence-electron chi connectivity index (χ1n) is 7.96. The van der Waals surface area contributed by atoms with Crippen molar-refractivity contribution < 1.29 is 13.2 Å². The first-order valence-corrected chi connectivity index (χ1v) is 11.2. The van der Waals surface area contributed by atoms with Gasteiger partial charge in [-0.1, -0.05) is 29.8 Å². The first kappa shape index (κ1) is 20.6. The summed E-state index contributed by atoms with van der Waals surface area (Å²) in [4.78, 5) is 13.3. The number of hydrogen-bond acceptors (Lipinski definition) is 4. The van der Waals surface area contributed by atoms with Gasteiger partial charge in [-0.25, -0.2) is 8.42 Å². The van der Waals surface area contributed by atoms with Gasteiger partial charge < -0.3 is 5.32 Å². The van der Waals surface area contributed by atoms with E-state index in [1.807, 2.05) is 30.3 Å². The molecule has 0 atom stereocenters. The highest BCUT2D eigenvalue weighted by Gasteiger charge is 2.22. The van der Waals surface area contributed by atoms with Crippen molar-refractivity contribution in [3.8, 4) is 0 Å². The van der Waals surface area contributed by atoms with Crippen LogP contribution < -0.4 is 9.62 Å². The fourth-order valence-electron chi connectivity index (χ4n) is 2.34. The Balaban J connectivity index is 1.94. The molecule has 8 heteroatoms. The Morgan fingerprint density at radius 3 is 2.50 bits per heavy atom. The average Bonchev–Trinajstić information content (AvgIpc) is 2.57. The summed E-state index contributed by atoms with van der Waals surface area (Å²) in [7, 11) is -3.60. The number of amides is 1. The predicted molar refractivity (Wildman–Crippen MR) is 109 cm³/mol. The van der Waals surface area contributed by atoms with Gasteiger partial charge in [0.25, 0.3) is 0 Å². The number of thioether (sulfide) groups is 1. The zero-order chi connectivity index (χ0) is 19.2. The molecule has 0 radical (unpaired) electrons. The van der Waals surface area contributed by atoms with E-state index in [4.69, 9.17) is 11.6 Å². The molecule has 0 unspecified atom stereocenters. The van der Waals surface area contributed by atoms with Crippen LogP contribution in [0.5, 0.6) is 0 Å². The molecule has 1 amide bonds. The van der Waals surface area contributed by atoms with Gasteiger partial charge in [-0.15, -0.1) is 11.8 Å². The zero-order valence-corrected chi connectivity index (χ0v) is 17.0. The van der Waals surface area contributed by atoms with Crippen molar-refractivity contribution in [1.82, 2.24) is 5.32 Å². The summed E-state index contributed by atoms with van der Waals surface area (Å²) in [6, 6.07) is 14.8. The molecule has 0 saturated carbocycles. The summed E-state index contributed by atoms with van der Waals surface area (Å²) < 4.78 is 25.4. The molecule has 0 aromatic heterocycles. The van der Waals surface area contributed by atoms with Gasteiger partial charge in [0.05, 0.1) is 11.9 Å². The summed E-state index contributed by atoms with van der Waals surface area (Å²) >= 11 is 7.55. The van der Waals surface area contributed by atoms with Gasteiger partial charge in [0.1, 0.15) is 6.54 Å². The highest BCUT2D eigenvalue weighted by atomic mass is 35.5. The Labute approximate surface area is 163 Å². The minimum absolute atomic E-state index is 0.267. The standard InChI is InChI=1S/C18H21ClN2O3S2/c1-14-12-15(19)8-9-17(14)21(26(2,23)24)13-18(22)20-10-11-25-16-6-4-3-5-7-16/h3-9,12H,10-11,13H2,1-2H3,(H,20,22). The van der Waals surface area contributed by atoms with Crippen LogP contribution in [0, 0.1) is 6.92 Å². The van der Waals surface area contributed by atoms with E-state index in [0.717, 1.165) is 15.5 Å². The van der Waals surface area contributed by atoms with Gasteiger partial charge in [0.15, 0.2) is 0 Å². The number of aryl methyl sites for hydroxylation is 1. The van der Waals surface area contributed by atoms with Crippen LogP contribution in [0.3, 0.4) is 0 Å². The number of hydrogen-bond donors (Lipinski definition) is 1. The molecule has 0 aliphatic carbocycles. The predicted octanol–water partition coefficient (Wildman–Crippen LogP) is 3.32. The van der Waals surface area contributed by atoms with Gasteiger partial charge in [-0.2, -0.15) is 0 Å². The lowest BCUT2D eigenvalue weighted by Crippen LogP contribution is -2.41. The lowest BCUT2D eigenvalue weighted by molar-refractivity contribution is -0.119. The van der Waals surface area contributed by atoms with Gasteiger partial charge in [-0.05, 0) is 42.8 Å². The van der Waals surface area contributed by atoms with Gasteiger partial charge in [-0.3, -0.25) is 9.10 Å². The van der Waals surface area contributed by atoms with E-state index in [1.54, 1.807) is 36.9 Å². The second kappa shape index (κ2) is 9.30. The number of halogens is 1. The number of nitrogens with one attached hydrogen (secondary N) is 1. The maximum absolute atomic E-state index is 12.2. The molecule has 2 aromatic carbocycles. The lowest BCUT2D eigenvalue weighted by Gasteiger charge is -2.23. The molecular weight excluding hydrogens is 392 g/mol. The van der Waals surface area contributed by atoms with E-state index in [-0.39, 0.29) is 12.5 Å². The molecule has 2 aromatic rings. The third-order valence-corrected chi connectivity index (χ3v) is 5.93. The van der Waals surface area contributed by atoms with Crippen LogP contribution in [-0.4, -0.2) is 39.4 Å². The fourth-order valence-corrected chi connectivity index (χ4v) is 4.27. The summed E-state index contributed by atoms with van der Waals surface area (Å²) in [6.45, 7) is 1.95. The number of nitrogens with zero attached hydrogens (tertiary/aromatic N) is 1. The fraction of sp³-hybridized carbons (Fsp3) is 0.278. The van der Waals surface area contributed by atoms with Gasteiger partial charge in [0.2, 0.25) is 15.9 Å². The monoisotopic (exact) mass is 412 g/mol. The van der Waals surface area contributed by atoms with Crippen LogP contribution in [0.4, 0.5) is 5.69 Å². The highest BCUT2D eigenvalue weighted by molar-refractivity contribution is 7.99. The molecule has 0 bridgehead atoms. The van der Waals surface area contributed by atoms with Crippen molar-refractivity contribution in [2.24, 2.45) is 0 Å². The van der Waals surface area contributed by atoms with Crippen molar-refractivity contribution in [3.05, 3.63) is 59.1 Å². The maximum atomic E-state index is 12.2. The SMILES string of the molecule is Cc1cc(Cl)ccc1N(CC(=O)NCCSc1ccccc1)S(C)(=O)=O. The summed E-state index contributed by atoms with van der Waals surface area (Å²) in [6.07, 6.45) is 1.08. The van der Waals surface area contributed by atoms with E-state index in [9.17, 15) is 13.2 Å². The smallest absolute Gasteiger partial charge is 0.240 e. The molecule has 140 valence electrons. The largest absolute Gasteiger partial charge is 0.354 e. The van der Waals surface area contributed by atoms with Gasteiger partial charge >= 0.3 is 0 Å². The third-order valence-electron chi connectivity index (χ3n) is 3.55. The number of carbonyl (C=O) groups is 1. The van der Waals surface area contributed by atoms with Crippen LogP contribution in [0.25, 0.3) is 0 Å². The van der Waals surface area contributed by atoms with Crippen LogP contribution in [0.2, 0.25) is 5.02 Å². The van der Waals surface area contributed by atoms with Crippen molar-refractivity contribution in [2.75, 3.05) is 29.4 Å². The quantitative estimate of drug-likeness (QED) is 0.533. The average molecular weight is 413 g/mol. The molecule has 26 heavy (non-hydrogen) atoms. The van der Waals surface area contributed by atoms with E-state index in [1.165, 1.54) is 0 Å². The minimum atomic E-state index is -3.60. The third kappa shape index (κ3) is 6.23. The van der Waals surface area contributed by atoms with Crippen molar-refractivity contribution in [3.63, 3.8) is 0 Å². The van der Waals surface area contributed by atoms with Crippen molar-refractivity contribution in [2.45, 2.75) is 11.8 Å². The van der Waals surface area contributed by atoms with E-state index >= 15 is 0 Å². The Kier molecular flexibility index (Phi) is 7.37. The van der Waals surface area contributed by atoms with E-state index in [0.29, 0.717) is 28.6 Å². The molecule has 0 heterocycles. The molecular formula is C18H21ClN2O3S2. The molecule has 0 aliphatic heterocycles. The minimum Gasteiger partial charge on any atom is -0.354 e. The molecule has 0 saturated heterocycles. The number of benzene rings is 2. The molecule has 0 fully saturated rings. The number of rotatable bonds is 8. The summed E-state index contributed by atoms with van der Waals surface area (Å²) in [5, 5.41) is 3.28. The van der Waals surface area contributed by atoms with Crippen molar-refractivity contribution in [1.29, 1.82) is 0 Å². The Hall–Kier alpha value is -1.70. The van der Waals surface area contributed by atoms with Crippen LogP contribution in [0.1, 0.15) is 5.56 Å². The van der Waals surface area contributed by atoms with Gasteiger partial charge in [0, 0.05) is 22.2 Å². The Morgan fingerprint density at radius 1 is 1.19 bits per heavy atom. The second-order valence-corrected chi connectivity index (χ2v) is 9.22. The Bertz CT molecular complexity index is 858. The van der Waals surface area contributed by atoms with Crippen LogP contribution >= 0.6 is 23.4 Å². The molecule has 1 N–H and O–H groups in total. The van der Waals surface area contributed by atoms with Crippen molar-refractivity contribution >= 4 is 45.0 Å². The number of carbonyl (C=O) groups excluding carboxylic acids is 1. The van der Waals surface area contributed by atoms with Crippen LogP contribution in [-0.2, 0) is 14.8 Å². The Morgan fingerprint density at radius 2 is 1.88 bits per heavy atom. The second-order valence-electron chi connectivity index (χ2n) is 5.71. The van der Waals surface area contributed by atoms with Crippen LogP contribution in [0.15, 0.2) is 53.4 Å². The summed E-state index contributed by atoms with van der Waals surface area (Å²) in [5.41, 5.74) is 1.14. The molecule has 5 nitrogen and oxygen atoms in total. The molecule has 0 spiro atoms. The maximum Gasteiger partial charge on any atom is 0.240 e. The zero-order valence-electron chi connectivity index (χ0n) is 14.6. The molecule has 2 rings (SSSR count). The van der Waals surface area contributed by atoms with E-state index < -0.39 is 10.0 Å².